The zero-order chi connectivity index (χ0) is 21.6. The van der Waals surface area contributed by atoms with E-state index in [2.05, 4.69) is 13.8 Å². The minimum Gasteiger partial charge on any atom is -0.288 e. The molecule has 2 rings (SSSR count). The highest BCUT2D eigenvalue weighted by Crippen LogP contribution is 2.28. The highest BCUT2D eigenvalue weighted by Gasteiger charge is 2.09. The quantitative estimate of drug-likeness (QED) is 0.146. The average molecular weight is 479 g/mol. The lowest BCUT2D eigenvalue weighted by Gasteiger charge is -2.09. The Kier molecular flexibility index (Phi) is 12.5. The van der Waals surface area contributed by atoms with Crippen LogP contribution in [0, 0.1) is 0 Å². The lowest BCUT2D eigenvalue weighted by Crippen LogP contribution is -1.96. The van der Waals surface area contributed by atoms with Crippen LogP contribution >= 0.6 is 46.2 Å². The SMILES string of the molecule is CCCC/C(=C\C(=O)c1cccs1)SCCS/C(=C/C(=O)c1cccs1)CCCC. The van der Waals surface area contributed by atoms with Gasteiger partial charge in [-0.1, -0.05) is 38.8 Å². The second-order valence-electron chi connectivity index (χ2n) is 6.81. The van der Waals surface area contributed by atoms with E-state index in [9.17, 15) is 9.59 Å². The largest absolute Gasteiger partial charge is 0.288 e. The summed E-state index contributed by atoms with van der Waals surface area (Å²) in [5, 5.41) is 3.89. The molecule has 0 amide bonds. The first-order valence-corrected chi connectivity index (χ1v) is 14.2. The van der Waals surface area contributed by atoms with Crippen LogP contribution in [0.15, 0.2) is 57.0 Å². The van der Waals surface area contributed by atoms with E-state index in [4.69, 9.17) is 0 Å². The van der Waals surface area contributed by atoms with Crippen LogP contribution in [0.4, 0.5) is 0 Å². The van der Waals surface area contributed by atoms with Gasteiger partial charge < -0.3 is 0 Å². The predicted molar refractivity (Wildman–Crippen MR) is 137 cm³/mol. The standard InChI is InChI=1S/C24H30O2S4/c1-3-5-9-19(17-21(25)23-11-7-13-29-23)27-15-16-28-20(10-6-4-2)18-22(26)24-12-8-14-30-24/h7-8,11-14,17-18H,3-6,9-10,15-16H2,1-2H3/b19-17+,20-18+. The first-order chi connectivity index (χ1) is 14.6. The van der Waals surface area contributed by atoms with Gasteiger partial charge in [0.25, 0.3) is 0 Å². The molecule has 6 heteroatoms. The smallest absolute Gasteiger partial charge is 0.196 e. The molecule has 2 aromatic heterocycles. The minimum atomic E-state index is 0.112. The maximum Gasteiger partial charge on any atom is 0.196 e. The van der Waals surface area contributed by atoms with Crippen LogP contribution in [0.1, 0.15) is 71.7 Å². The minimum absolute atomic E-state index is 0.112. The summed E-state index contributed by atoms with van der Waals surface area (Å²) in [4.78, 5) is 28.8. The zero-order valence-electron chi connectivity index (χ0n) is 17.7. The van der Waals surface area contributed by atoms with Crippen LogP contribution in [0.3, 0.4) is 0 Å². The number of carbonyl (C=O) groups is 2. The summed E-state index contributed by atoms with van der Waals surface area (Å²) < 4.78 is 0. The highest BCUT2D eigenvalue weighted by molar-refractivity contribution is 8.06. The van der Waals surface area contributed by atoms with Gasteiger partial charge in [0.1, 0.15) is 0 Å². The van der Waals surface area contributed by atoms with Gasteiger partial charge in [0.05, 0.1) is 9.75 Å². The number of ketones is 2. The monoisotopic (exact) mass is 478 g/mol. The summed E-state index contributed by atoms with van der Waals surface area (Å²) in [6, 6.07) is 7.61. The molecule has 0 saturated carbocycles. The Hall–Kier alpha value is -1.08. The van der Waals surface area contributed by atoms with E-state index in [1.807, 2.05) is 47.2 Å². The third kappa shape index (κ3) is 9.38. The van der Waals surface area contributed by atoms with Gasteiger partial charge in [-0.2, -0.15) is 0 Å². The second kappa shape index (κ2) is 14.8. The number of carbonyl (C=O) groups excluding carboxylic acids is 2. The van der Waals surface area contributed by atoms with Crippen molar-refractivity contribution in [2.45, 2.75) is 52.4 Å². The van der Waals surface area contributed by atoms with Crippen molar-refractivity contribution in [3.63, 3.8) is 0 Å². The van der Waals surface area contributed by atoms with Gasteiger partial charge in [-0.25, -0.2) is 0 Å². The van der Waals surface area contributed by atoms with Crippen LogP contribution in [0.25, 0.3) is 0 Å². The van der Waals surface area contributed by atoms with Gasteiger partial charge in [-0.15, -0.1) is 46.2 Å². The van der Waals surface area contributed by atoms with Crippen molar-refractivity contribution in [1.82, 2.24) is 0 Å². The fourth-order valence-corrected chi connectivity index (χ4v) is 6.11. The molecule has 0 saturated heterocycles. The number of hydrogen-bond acceptors (Lipinski definition) is 6. The molecule has 0 fully saturated rings. The highest BCUT2D eigenvalue weighted by atomic mass is 32.2. The molecule has 0 N–H and O–H groups in total. The molecule has 2 aromatic rings. The Morgan fingerprint density at radius 1 is 0.800 bits per heavy atom. The number of rotatable bonds is 15. The van der Waals surface area contributed by atoms with Crippen molar-refractivity contribution in [1.29, 1.82) is 0 Å². The van der Waals surface area contributed by atoms with Crippen LogP contribution in [-0.4, -0.2) is 23.1 Å². The van der Waals surface area contributed by atoms with Crippen molar-refractivity contribution < 1.29 is 9.59 Å². The van der Waals surface area contributed by atoms with E-state index in [1.54, 1.807) is 23.5 Å². The maximum absolute atomic E-state index is 12.4. The first kappa shape index (κ1) is 25.2. The van der Waals surface area contributed by atoms with Crippen molar-refractivity contribution in [2.24, 2.45) is 0 Å². The summed E-state index contributed by atoms with van der Waals surface area (Å²) in [5.41, 5.74) is 0. The summed E-state index contributed by atoms with van der Waals surface area (Å²) in [7, 11) is 0. The molecule has 0 aliphatic heterocycles. The topological polar surface area (TPSA) is 34.1 Å². The van der Waals surface area contributed by atoms with E-state index >= 15 is 0 Å². The molecule has 0 aliphatic carbocycles. The van der Waals surface area contributed by atoms with Gasteiger partial charge in [0.15, 0.2) is 11.6 Å². The molecule has 0 aromatic carbocycles. The van der Waals surface area contributed by atoms with E-state index < -0.39 is 0 Å². The van der Waals surface area contributed by atoms with E-state index in [0.29, 0.717) is 0 Å². The van der Waals surface area contributed by atoms with Crippen molar-refractivity contribution in [2.75, 3.05) is 11.5 Å². The molecule has 30 heavy (non-hydrogen) atoms. The van der Waals surface area contributed by atoms with Crippen LogP contribution in [-0.2, 0) is 0 Å². The Bertz CT molecular complexity index is 747. The molecule has 0 spiro atoms. The maximum atomic E-state index is 12.4. The first-order valence-electron chi connectivity index (χ1n) is 10.5. The molecule has 2 nitrogen and oxygen atoms in total. The van der Waals surface area contributed by atoms with E-state index in [0.717, 1.165) is 59.8 Å². The fourth-order valence-electron chi connectivity index (χ4n) is 2.69. The molecule has 0 aliphatic rings. The number of unbranched alkanes of at least 4 members (excludes halogenated alkanes) is 2. The number of thioether (sulfide) groups is 2. The van der Waals surface area contributed by atoms with E-state index in [-0.39, 0.29) is 11.6 Å². The molecule has 0 bridgehead atoms. The molecule has 2 heterocycles. The average Bonchev–Trinajstić information content (AvgIpc) is 3.46. The number of thiophene rings is 2. The Morgan fingerprint density at radius 2 is 1.23 bits per heavy atom. The molecule has 162 valence electrons. The molecule has 0 unspecified atom stereocenters. The lowest BCUT2D eigenvalue weighted by atomic mass is 10.2. The van der Waals surface area contributed by atoms with Crippen LogP contribution < -0.4 is 0 Å². The van der Waals surface area contributed by atoms with Crippen LogP contribution in [0.5, 0.6) is 0 Å². The Balaban J connectivity index is 1.91. The second-order valence-corrected chi connectivity index (χ2v) is 11.1. The lowest BCUT2D eigenvalue weighted by molar-refractivity contribution is 0.104. The zero-order valence-corrected chi connectivity index (χ0v) is 21.0. The predicted octanol–water partition coefficient (Wildman–Crippen LogP) is 8.49. The molecule has 0 atom stereocenters. The summed E-state index contributed by atoms with van der Waals surface area (Å²) >= 11 is 6.56. The summed E-state index contributed by atoms with van der Waals surface area (Å²) in [5.74, 6) is 2.10. The number of hydrogen-bond donors (Lipinski definition) is 0. The van der Waals surface area contributed by atoms with Gasteiger partial charge in [-0.3, -0.25) is 9.59 Å². The van der Waals surface area contributed by atoms with Gasteiger partial charge in [-0.05, 0) is 70.5 Å². The third-order valence-electron chi connectivity index (χ3n) is 4.32. The number of allylic oxidation sites excluding steroid dienone is 4. The molecular weight excluding hydrogens is 449 g/mol. The van der Waals surface area contributed by atoms with Crippen molar-refractivity contribution >= 4 is 57.8 Å². The van der Waals surface area contributed by atoms with Gasteiger partial charge in [0, 0.05) is 11.5 Å². The van der Waals surface area contributed by atoms with Gasteiger partial charge >= 0.3 is 0 Å². The Labute approximate surface area is 197 Å². The Morgan fingerprint density at radius 3 is 1.57 bits per heavy atom. The fraction of sp³-hybridized carbons (Fsp3) is 0.417. The van der Waals surface area contributed by atoms with Crippen molar-refractivity contribution in [3.8, 4) is 0 Å². The normalized spacial score (nSPS) is 12.3. The van der Waals surface area contributed by atoms with Crippen LogP contribution in [0.2, 0.25) is 0 Å². The summed E-state index contributed by atoms with van der Waals surface area (Å²) in [6.07, 6.45) is 10.00. The van der Waals surface area contributed by atoms with E-state index in [1.165, 1.54) is 32.5 Å². The molecular formula is C24H30O2S4. The summed E-state index contributed by atoms with van der Waals surface area (Å²) in [6.45, 7) is 4.35. The van der Waals surface area contributed by atoms with Gasteiger partial charge in [0.2, 0.25) is 0 Å². The van der Waals surface area contributed by atoms with Crippen molar-refractivity contribution in [3.05, 3.63) is 66.7 Å². The molecule has 0 radical (unpaired) electrons. The third-order valence-corrected chi connectivity index (χ3v) is 8.55.